The van der Waals surface area contributed by atoms with Crippen LogP contribution in [0.3, 0.4) is 0 Å². The topological polar surface area (TPSA) is 24.5 Å². The summed E-state index contributed by atoms with van der Waals surface area (Å²) in [5.74, 6) is -0.187. The van der Waals surface area contributed by atoms with Gasteiger partial charge in [-0.25, -0.2) is 4.39 Å². The lowest BCUT2D eigenvalue weighted by Gasteiger charge is -2.35. The van der Waals surface area contributed by atoms with Crippen LogP contribution in [0.15, 0.2) is 36.4 Å². The fraction of sp³-hybridized carbons (Fsp3) is 0.455. The first kappa shape index (κ1) is 19.0. The Balaban J connectivity index is 1.71. The smallest absolute Gasteiger partial charge is 0.123 e. The minimum Gasteiger partial charge on any atom is -0.379 e. The molecule has 0 amide bonds. The maximum absolute atomic E-state index is 13.3. The van der Waals surface area contributed by atoms with Crippen molar-refractivity contribution in [2.24, 2.45) is 0 Å². The molecule has 2 aromatic rings. The van der Waals surface area contributed by atoms with Crippen molar-refractivity contribution in [3.05, 3.63) is 70.0 Å². The zero-order chi connectivity index (χ0) is 18.5. The van der Waals surface area contributed by atoms with Gasteiger partial charge in [0, 0.05) is 32.2 Å². The van der Waals surface area contributed by atoms with Gasteiger partial charge in [-0.2, -0.15) is 0 Å². The molecule has 1 unspecified atom stereocenters. The molecule has 0 aliphatic carbocycles. The highest BCUT2D eigenvalue weighted by molar-refractivity contribution is 5.37. The molecule has 0 spiro atoms. The van der Waals surface area contributed by atoms with E-state index in [1.807, 2.05) is 12.1 Å². The number of hydrogen-bond donors (Lipinski definition) is 1. The van der Waals surface area contributed by atoms with Crippen LogP contribution in [0, 0.1) is 26.6 Å². The number of rotatable bonds is 6. The van der Waals surface area contributed by atoms with E-state index in [1.165, 1.54) is 22.3 Å². The molecule has 3 nitrogen and oxygen atoms in total. The fourth-order valence-corrected chi connectivity index (χ4v) is 3.85. The zero-order valence-electron chi connectivity index (χ0n) is 16.0. The Bertz CT molecular complexity index is 700. The van der Waals surface area contributed by atoms with E-state index in [-0.39, 0.29) is 11.9 Å². The third-order valence-electron chi connectivity index (χ3n) is 5.22. The molecule has 3 rings (SSSR count). The monoisotopic (exact) mass is 356 g/mol. The molecule has 0 radical (unpaired) electrons. The van der Waals surface area contributed by atoms with Crippen LogP contribution in [-0.2, 0) is 11.3 Å². The number of halogens is 1. The third kappa shape index (κ3) is 4.70. The second-order valence-corrected chi connectivity index (χ2v) is 7.22. The van der Waals surface area contributed by atoms with Gasteiger partial charge in [0.2, 0.25) is 0 Å². The molecule has 1 heterocycles. The second-order valence-electron chi connectivity index (χ2n) is 7.22. The molecule has 4 heteroatoms. The van der Waals surface area contributed by atoms with E-state index in [1.54, 1.807) is 12.1 Å². The normalized spacial score (nSPS) is 16.6. The first-order valence-electron chi connectivity index (χ1n) is 9.39. The molecule has 1 N–H and O–H groups in total. The van der Waals surface area contributed by atoms with Crippen LogP contribution in [0.5, 0.6) is 0 Å². The molecule has 0 aromatic heterocycles. The van der Waals surface area contributed by atoms with E-state index >= 15 is 0 Å². The highest BCUT2D eigenvalue weighted by Gasteiger charge is 2.22. The Hall–Kier alpha value is -1.75. The lowest BCUT2D eigenvalue weighted by atomic mass is 9.99. The Morgan fingerprint density at radius 3 is 2.27 bits per heavy atom. The molecule has 140 valence electrons. The minimum absolute atomic E-state index is 0.187. The summed E-state index contributed by atoms with van der Waals surface area (Å²) in [5.41, 5.74) is 6.49. The number of aryl methyl sites for hydroxylation is 3. The molecule has 0 bridgehead atoms. The minimum atomic E-state index is -0.187. The van der Waals surface area contributed by atoms with Crippen molar-refractivity contribution in [3.63, 3.8) is 0 Å². The lowest BCUT2D eigenvalue weighted by molar-refractivity contribution is 0.0161. The first-order valence-corrected chi connectivity index (χ1v) is 9.39. The van der Waals surface area contributed by atoms with Crippen molar-refractivity contribution in [2.75, 3.05) is 32.8 Å². The van der Waals surface area contributed by atoms with Crippen molar-refractivity contribution < 1.29 is 9.13 Å². The van der Waals surface area contributed by atoms with Gasteiger partial charge in [0.25, 0.3) is 0 Å². The number of ether oxygens (including phenoxy) is 1. The second kappa shape index (κ2) is 8.76. The van der Waals surface area contributed by atoms with Gasteiger partial charge in [-0.3, -0.25) is 4.90 Å². The summed E-state index contributed by atoms with van der Waals surface area (Å²) >= 11 is 0. The largest absolute Gasteiger partial charge is 0.379 e. The van der Waals surface area contributed by atoms with Crippen LogP contribution in [0.1, 0.15) is 33.9 Å². The Kier molecular flexibility index (Phi) is 6.41. The number of benzene rings is 2. The van der Waals surface area contributed by atoms with Crippen molar-refractivity contribution >= 4 is 0 Å². The van der Waals surface area contributed by atoms with Gasteiger partial charge in [-0.15, -0.1) is 0 Å². The molecule has 26 heavy (non-hydrogen) atoms. The van der Waals surface area contributed by atoms with Crippen LogP contribution in [0.2, 0.25) is 0 Å². The van der Waals surface area contributed by atoms with E-state index in [2.05, 4.69) is 43.1 Å². The predicted molar refractivity (Wildman–Crippen MR) is 104 cm³/mol. The molecular weight excluding hydrogens is 327 g/mol. The van der Waals surface area contributed by atoms with Crippen LogP contribution in [0.25, 0.3) is 0 Å². The Labute approximate surface area is 156 Å². The SMILES string of the molecule is Cc1cc(C)c(CNCC(c2ccc(F)cc2)N2CCOCC2)c(C)c1. The van der Waals surface area contributed by atoms with E-state index in [0.29, 0.717) is 0 Å². The highest BCUT2D eigenvalue weighted by Crippen LogP contribution is 2.22. The highest BCUT2D eigenvalue weighted by atomic mass is 19.1. The summed E-state index contributed by atoms with van der Waals surface area (Å²) in [6, 6.07) is 11.6. The predicted octanol–water partition coefficient (Wildman–Crippen LogP) is 3.91. The summed E-state index contributed by atoms with van der Waals surface area (Å²) in [6.07, 6.45) is 0. The maximum Gasteiger partial charge on any atom is 0.123 e. The van der Waals surface area contributed by atoms with Crippen LogP contribution < -0.4 is 5.32 Å². The standard InChI is InChI=1S/C22H29FN2O/c1-16-12-17(2)21(18(3)13-16)14-24-15-22(25-8-10-26-11-9-25)19-4-6-20(23)7-5-19/h4-7,12-13,22,24H,8-11,14-15H2,1-3H3. The van der Waals surface area contributed by atoms with Gasteiger partial charge in [0.15, 0.2) is 0 Å². The van der Waals surface area contributed by atoms with Gasteiger partial charge in [-0.05, 0) is 55.2 Å². The molecular formula is C22H29FN2O. The quantitative estimate of drug-likeness (QED) is 0.849. The molecule has 1 fully saturated rings. The van der Waals surface area contributed by atoms with Crippen LogP contribution in [0.4, 0.5) is 4.39 Å². The number of nitrogens with zero attached hydrogens (tertiary/aromatic N) is 1. The Morgan fingerprint density at radius 2 is 1.65 bits per heavy atom. The van der Waals surface area contributed by atoms with Crippen molar-refractivity contribution in [1.82, 2.24) is 10.2 Å². The molecule has 1 aliphatic rings. The van der Waals surface area contributed by atoms with Gasteiger partial charge < -0.3 is 10.1 Å². The molecule has 1 saturated heterocycles. The fourth-order valence-electron chi connectivity index (χ4n) is 3.85. The molecule has 0 saturated carbocycles. The number of morpholine rings is 1. The zero-order valence-corrected chi connectivity index (χ0v) is 16.0. The summed E-state index contributed by atoms with van der Waals surface area (Å²) in [6.45, 7) is 11.5. The van der Waals surface area contributed by atoms with E-state index < -0.39 is 0 Å². The average Bonchev–Trinajstić information content (AvgIpc) is 2.62. The Morgan fingerprint density at radius 1 is 1.04 bits per heavy atom. The van der Waals surface area contributed by atoms with Gasteiger partial charge in [-0.1, -0.05) is 29.8 Å². The van der Waals surface area contributed by atoms with Crippen molar-refractivity contribution in [2.45, 2.75) is 33.4 Å². The molecule has 1 atom stereocenters. The van der Waals surface area contributed by atoms with E-state index in [9.17, 15) is 4.39 Å². The first-order chi connectivity index (χ1) is 12.5. The van der Waals surface area contributed by atoms with E-state index in [4.69, 9.17) is 4.74 Å². The van der Waals surface area contributed by atoms with Gasteiger partial charge >= 0.3 is 0 Å². The molecule has 1 aliphatic heterocycles. The van der Waals surface area contributed by atoms with E-state index in [0.717, 1.165) is 45.0 Å². The van der Waals surface area contributed by atoms with Crippen molar-refractivity contribution in [3.8, 4) is 0 Å². The maximum atomic E-state index is 13.3. The summed E-state index contributed by atoms with van der Waals surface area (Å²) < 4.78 is 18.8. The number of hydrogen-bond acceptors (Lipinski definition) is 3. The average molecular weight is 356 g/mol. The van der Waals surface area contributed by atoms with Crippen LogP contribution >= 0.6 is 0 Å². The number of nitrogens with one attached hydrogen (secondary N) is 1. The van der Waals surface area contributed by atoms with Crippen LogP contribution in [-0.4, -0.2) is 37.7 Å². The summed E-state index contributed by atoms with van der Waals surface area (Å²) in [7, 11) is 0. The summed E-state index contributed by atoms with van der Waals surface area (Å²) in [4.78, 5) is 2.43. The van der Waals surface area contributed by atoms with Crippen molar-refractivity contribution in [1.29, 1.82) is 0 Å². The molecule has 2 aromatic carbocycles. The van der Waals surface area contributed by atoms with Gasteiger partial charge in [0.1, 0.15) is 5.82 Å². The summed E-state index contributed by atoms with van der Waals surface area (Å²) in [5, 5.41) is 3.64. The lowest BCUT2D eigenvalue weighted by Crippen LogP contribution is -2.42. The third-order valence-corrected chi connectivity index (χ3v) is 5.22. The van der Waals surface area contributed by atoms with Gasteiger partial charge in [0.05, 0.1) is 13.2 Å².